The minimum atomic E-state index is 0.442. The standard InChI is InChI=1S/C19H26N2/c1-2-20-19(15-21-12-6-3-7-13-21)18-11-10-16-8-4-5-9-17(16)14-18/h4-5,8-11,14,19-20H,2-3,6-7,12-13,15H2,1H3. The van der Waals surface area contributed by atoms with Gasteiger partial charge in [0.15, 0.2) is 0 Å². The van der Waals surface area contributed by atoms with Gasteiger partial charge < -0.3 is 10.2 Å². The maximum atomic E-state index is 3.67. The van der Waals surface area contributed by atoms with Crippen molar-refractivity contribution in [2.24, 2.45) is 0 Å². The molecule has 1 atom stereocenters. The fourth-order valence-electron chi connectivity index (χ4n) is 3.36. The fraction of sp³-hybridized carbons (Fsp3) is 0.474. The summed E-state index contributed by atoms with van der Waals surface area (Å²) in [6, 6.07) is 16.0. The molecule has 2 nitrogen and oxygen atoms in total. The van der Waals surface area contributed by atoms with Gasteiger partial charge in [-0.2, -0.15) is 0 Å². The number of piperidine rings is 1. The van der Waals surface area contributed by atoms with Crippen LogP contribution in [0, 0.1) is 0 Å². The predicted octanol–water partition coefficient (Wildman–Crippen LogP) is 3.98. The Labute approximate surface area is 128 Å². The summed E-state index contributed by atoms with van der Waals surface area (Å²) >= 11 is 0. The molecule has 0 aromatic heterocycles. The summed E-state index contributed by atoms with van der Waals surface area (Å²) in [5, 5.41) is 6.34. The molecular formula is C19H26N2. The summed E-state index contributed by atoms with van der Waals surface area (Å²) in [6.07, 6.45) is 4.12. The zero-order chi connectivity index (χ0) is 14.5. The molecule has 2 aromatic carbocycles. The molecule has 2 aromatic rings. The van der Waals surface area contributed by atoms with Crippen molar-refractivity contribution in [1.29, 1.82) is 0 Å². The van der Waals surface area contributed by atoms with E-state index in [4.69, 9.17) is 0 Å². The molecule has 1 fully saturated rings. The highest BCUT2D eigenvalue weighted by atomic mass is 15.1. The molecule has 1 heterocycles. The average molecular weight is 282 g/mol. The summed E-state index contributed by atoms with van der Waals surface area (Å²) in [5.41, 5.74) is 1.42. The molecule has 112 valence electrons. The van der Waals surface area contributed by atoms with Crippen LogP contribution in [-0.4, -0.2) is 31.1 Å². The van der Waals surface area contributed by atoms with Crippen LogP contribution >= 0.6 is 0 Å². The quantitative estimate of drug-likeness (QED) is 0.892. The second-order valence-corrected chi connectivity index (χ2v) is 6.08. The van der Waals surface area contributed by atoms with E-state index >= 15 is 0 Å². The van der Waals surface area contributed by atoms with Crippen LogP contribution in [0.3, 0.4) is 0 Å². The van der Waals surface area contributed by atoms with Crippen molar-refractivity contribution >= 4 is 10.8 Å². The van der Waals surface area contributed by atoms with Crippen molar-refractivity contribution in [1.82, 2.24) is 10.2 Å². The third-order valence-electron chi connectivity index (χ3n) is 4.52. The maximum absolute atomic E-state index is 3.67. The molecule has 0 bridgehead atoms. The molecule has 1 unspecified atom stereocenters. The summed E-state index contributed by atoms with van der Waals surface area (Å²) in [4.78, 5) is 2.62. The third-order valence-corrected chi connectivity index (χ3v) is 4.52. The largest absolute Gasteiger partial charge is 0.309 e. The van der Waals surface area contributed by atoms with Gasteiger partial charge in [-0.05, 0) is 54.9 Å². The Morgan fingerprint density at radius 1 is 1.00 bits per heavy atom. The molecule has 2 heteroatoms. The fourth-order valence-corrected chi connectivity index (χ4v) is 3.36. The van der Waals surface area contributed by atoms with Crippen LogP contribution < -0.4 is 5.32 Å². The van der Waals surface area contributed by atoms with Crippen molar-refractivity contribution in [3.05, 3.63) is 48.0 Å². The first-order valence-corrected chi connectivity index (χ1v) is 8.31. The highest BCUT2D eigenvalue weighted by molar-refractivity contribution is 5.83. The number of hydrogen-bond acceptors (Lipinski definition) is 2. The van der Waals surface area contributed by atoms with Crippen molar-refractivity contribution < 1.29 is 0 Å². The van der Waals surface area contributed by atoms with Gasteiger partial charge >= 0.3 is 0 Å². The number of nitrogens with one attached hydrogen (secondary N) is 1. The number of nitrogens with zero attached hydrogens (tertiary/aromatic N) is 1. The molecule has 0 saturated carbocycles. The summed E-state index contributed by atoms with van der Waals surface area (Å²) < 4.78 is 0. The van der Waals surface area contributed by atoms with Gasteiger partial charge in [0, 0.05) is 12.6 Å². The number of fused-ring (bicyclic) bond motifs is 1. The van der Waals surface area contributed by atoms with Gasteiger partial charge in [0.1, 0.15) is 0 Å². The molecule has 1 saturated heterocycles. The summed E-state index contributed by atoms with van der Waals surface area (Å²) in [7, 11) is 0. The zero-order valence-electron chi connectivity index (χ0n) is 13.0. The van der Waals surface area contributed by atoms with Gasteiger partial charge in [0.05, 0.1) is 0 Å². The first kappa shape index (κ1) is 14.6. The zero-order valence-corrected chi connectivity index (χ0v) is 13.0. The van der Waals surface area contributed by atoms with Crippen LogP contribution in [0.1, 0.15) is 37.8 Å². The van der Waals surface area contributed by atoms with Gasteiger partial charge in [-0.1, -0.05) is 49.7 Å². The second-order valence-electron chi connectivity index (χ2n) is 6.08. The molecule has 0 aliphatic carbocycles. The number of likely N-dealkylation sites (tertiary alicyclic amines) is 1. The van der Waals surface area contributed by atoms with E-state index in [1.807, 2.05) is 0 Å². The van der Waals surface area contributed by atoms with Crippen molar-refractivity contribution in [3.63, 3.8) is 0 Å². The van der Waals surface area contributed by atoms with Gasteiger partial charge in [-0.25, -0.2) is 0 Å². The van der Waals surface area contributed by atoms with Crippen LogP contribution in [0.4, 0.5) is 0 Å². The number of likely N-dealkylation sites (N-methyl/N-ethyl adjacent to an activating group) is 1. The lowest BCUT2D eigenvalue weighted by atomic mass is 10.0. The Bertz CT molecular complexity index is 573. The molecular weight excluding hydrogens is 256 g/mol. The van der Waals surface area contributed by atoms with E-state index in [1.165, 1.54) is 48.7 Å². The van der Waals surface area contributed by atoms with Gasteiger partial charge in [0.2, 0.25) is 0 Å². The SMILES string of the molecule is CCNC(CN1CCCCC1)c1ccc2ccccc2c1. The molecule has 21 heavy (non-hydrogen) atoms. The molecule has 1 N–H and O–H groups in total. The van der Waals surface area contributed by atoms with E-state index < -0.39 is 0 Å². The van der Waals surface area contributed by atoms with E-state index in [9.17, 15) is 0 Å². The first-order valence-electron chi connectivity index (χ1n) is 8.31. The average Bonchev–Trinajstić information content (AvgIpc) is 2.55. The van der Waals surface area contributed by atoms with E-state index in [2.05, 4.69) is 59.6 Å². The lowest BCUT2D eigenvalue weighted by Crippen LogP contribution is -2.38. The Hall–Kier alpha value is -1.38. The van der Waals surface area contributed by atoms with E-state index in [0.29, 0.717) is 6.04 Å². The van der Waals surface area contributed by atoms with E-state index in [-0.39, 0.29) is 0 Å². The Morgan fingerprint density at radius 2 is 1.76 bits per heavy atom. The van der Waals surface area contributed by atoms with E-state index in [0.717, 1.165) is 13.1 Å². The summed E-state index contributed by atoms with van der Waals surface area (Å²) in [5.74, 6) is 0. The van der Waals surface area contributed by atoms with E-state index in [1.54, 1.807) is 0 Å². The minimum Gasteiger partial charge on any atom is -0.309 e. The Balaban J connectivity index is 1.80. The van der Waals surface area contributed by atoms with Crippen LogP contribution in [0.25, 0.3) is 10.8 Å². The van der Waals surface area contributed by atoms with Crippen molar-refractivity contribution in [2.75, 3.05) is 26.2 Å². The van der Waals surface area contributed by atoms with Crippen LogP contribution in [0.2, 0.25) is 0 Å². The van der Waals surface area contributed by atoms with Gasteiger partial charge in [-0.15, -0.1) is 0 Å². The first-order chi connectivity index (χ1) is 10.4. The molecule has 0 spiro atoms. The lowest BCUT2D eigenvalue weighted by molar-refractivity contribution is 0.206. The minimum absolute atomic E-state index is 0.442. The molecule has 3 rings (SSSR count). The monoisotopic (exact) mass is 282 g/mol. The van der Waals surface area contributed by atoms with Crippen molar-refractivity contribution in [3.8, 4) is 0 Å². The number of rotatable bonds is 5. The number of benzene rings is 2. The van der Waals surface area contributed by atoms with Crippen LogP contribution in [-0.2, 0) is 0 Å². The topological polar surface area (TPSA) is 15.3 Å². The van der Waals surface area contributed by atoms with Gasteiger partial charge in [0.25, 0.3) is 0 Å². The van der Waals surface area contributed by atoms with Crippen molar-refractivity contribution in [2.45, 2.75) is 32.2 Å². The smallest absolute Gasteiger partial charge is 0.0449 e. The molecule has 1 aliphatic rings. The highest BCUT2D eigenvalue weighted by Crippen LogP contribution is 2.22. The summed E-state index contributed by atoms with van der Waals surface area (Å²) in [6.45, 7) is 6.87. The normalized spacial score (nSPS) is 18.0. The molecule has 1 aliphatic heterocycles. The Morgan fingerprint density at radius 3 is 2.52 bits per heavy atom. The Kier molecular flexibility index (Phi) is 4.89. The highest BCUT2D eigenvalue weighted by Gasteiger charge is 2.17. The van der Waals surface area contributed by atoms with Crippen LogP contribution in [0.15, 0.2) is 42.5 Å². The lowest BCUT2D eigenvalue weighted by Gasteiger charge is -2.31. The van der Waals surface area contributed by atoms with Gasteiger partial charge in [-0.3, -0.25) is 0 Å². The maximum Gasteiger partial charge on any atom is 0.0449 e. The second kappa shape index (κ2) is 7.06. The number of hydrogen-bond donors (Lipinski definition) is 1. The molecule has 0 amide bonds. The van der Waals surface area contributed by atoms with Crippen LogP contribution in [0.5, 0.6) is 0 Å². The third kappa shape index (κ3) is 3.63. The molecule has 0 radical (unpaired) electrons. The predicted molar refractivity (Wildman–Crippen MR) is 90.7 cm³/mol.